The second kappa shape index (κ2) is 9.50. The third-order valence-corrected chi connectivity index (χ3v) is 5.25. The van der Waals surface area contributed by atoms with Crippen LogP contribution >= 0.6 is 0 Å². The van der Waals surface area contributed by atoms with E-state index in [4.69, 9.17) is 0 Å². The molecule has 0 amide bonds. The molecule has 0 bridgehead atoms. The van der Waals surface area contributed by atoms with Crippen LogP contribution in [0.3, 0.4) is 0 Å². The van der Waals surface area contributed by atoms with Gasteiger partial charge >= 0.3 is 0 Å². The van der Waals surface area contributed by atoms with Crippen LogP contribution in [0.15, 0.2) is 48.5 Å². The minimum Gasteiger partial charge on any atom is -0.508 e. The van der Waals surface area contributed by atoms with Crippen molar-refractivity contribution < 1.29 is 10.2 Å². The minimum atomic E-state index is -0.0499. The Kier molecular flexibility index (Phi) is 7.36. The molecule has 0 saturated carbocycles. The van der Waals surface area contributed by atoms with Gasteiger partial charge < -0.3 is 10.2 Å². The molecule has 2 nitrogen and oxygen atoms in total. The van der Waals surface area contributed by atoms with Crippen molar-refractivity contribution >= 4 is 0 Å². The molecule has 0 aliphatic rings. The molecule has 0 atom stereocenters. The van der Waals surface area contributed by atoms with Gasteiger partial charge in [-0.15, -0.1) is 0 Å². The highest BCUT2D eigenvalue weighted by atomic mass is 16.3. The summed E-state index contributed by atoms with van der Waals surface area (Å²) in [6, 6.07) is 15.5. The normalized spacial score (nSPS) is 11.6. The molecule has 2 rings (SSSR count). The number of unbranched alkanes of at least 4 members (excludes halogenated alkanes) is 4. The molecule has 0 aromatic heterocycles. The Morgan fingerprint density at radius 1 is 0.600 bits per heavy atom. The predicted octanol–water partition coefficient (Wildman–Crippen LogP) is 6.54. The van der Waals surface area contributed by atoms with Crippen LogP contribution in [0.1, 0.15) is 76.3 Å². The largest absolute Gasteiger partial charge is 0.508 e. The van der Waals surface area contributed by atoms with Crippen LogP contribution in [0.2, 0.25) is 0 Å². The monoisotopic (exact) mass is 340 g/mol. The van der Waals surface area contributed by atoms with Crippen molar-refractivity contribution in [3.05, 3.63) is 59.7 Å². The van der Waals surface area contributed by atoms with Crippen LogP contribution in [0, 0.1) is 0 Å². The first-order valence-electron chi connectivity index (χ1n) is 9.71. The van der Waals surface area contributed by atoms with Crippen molar-refractivity contribution in [2.75, 3.05) is 0 Å². The Morgan fingerprint density at radius 3 is 1.28 bits per heavy atom. The fourth-order valence-corrected chi connectivity index (χ4v) is 3.78. The van der Waals surface area contributed by atoms with E-state index in [0.717, 1.165) is 12.8 Å². The van der Waals surface area contributed by atoms with Gasteiger partial charge in [-0.1, -0.05) is 76.6 Å². The molecular formula is C23H32O2. The van der Waals surface area contributed by atoms with E-state index >= 15 is 0 Å². The zero-order valence-corrected chi connectivity index (χ0v) is 15.7. The van der Waals surface area contributed by atoms with E-state index < -0.39 is 0 Å². The predicted molar refractivity (Wildman–Crippen MR) is 105 cm³/mol. The molecule has 25 heavy (non-hydrogen) atoms. The summed E-state index contributed by atoms with van der Waals surface area (Å²) in [5.74, 6) is 0.621. The topological polar surface area (TPSA) is 40.5 Å². The van der Waals surface area contributed by atoms with Gasteiger partial charge in [0, 0.05) is 5.41 Å². The van der Waals surface area contributed by atoms with Crippen LogP contribution in [0.4, 0.5) is 0 Å². The number of phenols is 2. The van der Waals surface area contributed by atoms with Gasteiger partial charge in [0.1, 0.15) is 11.5 Å². The van der Waals surface area contributed by atoms with E-state index in [1.165, 1.54) is 49.7 Å². The van der Waals surface area contributed by atoms with Gasteiger partial charge in [-0.25, -0.2) is 0 Å². The summed E-state index contributed by atoms with van der Waals surface area (Å²) in [6.45, 7) is 4.47. The van der Waals surface area contributed by atoms with Crippen molar-refractivity contribution in [3.63, 3.8) is 0 Å². The number of hydrogen-bond acceptors (Lipinski definition) is 2. The maximum atomic E-state index is 9.72. The maximum Gasteiger partial charge on any atom is 0.115 e. The quantitative estimate of drug-likeness (QED) is 0.482. The summed E-state index contributed by atoms with van der Waals surface area (Å²) in [5.41, 5.74) is 2.48. The summed E-state index contributed by atoms with van der Waals surface area (Å²) in [4.78, 5) is 0. The Morgan fingerprint density at radius 2 is 0.960 bits per heavy atom. The van der Waals surface area contributed by atoms with E-state index in [-0.39, 0.29) is 5.41 Å². The number of benzene rings is 2. The van der Waals surface area contributed by atoms with Crippen molar-refractivity contribution in [1.82, 2.24) is 0 Å². The van der Waals surface area contributed by atoms with Crippen LogP contribution in [0.25, 0.3) is 0 Å². The van der Waals surface area contributed by atoms with Crippen molar-refractivity contribution in [2.45, 2.75) is 70.6 Å². The Bertz CT molecular complexity index is 556. The molecule has 0 spiro atoms. The second-order valence-corrected chi connectivity index (χ2v) is 7.09. The van der Waals surface area contributed by atoms with Gasteiger partial charge in [0.2, 0.25) is 0 Å². The molecular weight excluding hydrogens is 308 g/mol. The average Bonchev–Trinajstić information content (AvgIpc) is 2.62. The molecule has 0 heterocycles. The first kappa shape index (κ1) is 19.4. The van der Waals surface area contributed by atoms with E-state index in [1.807, 2.05) is 0 Å². The molecule has 0 saturated heterocycles. The van der Waals surface area contributed by atoms with Crippen LogP contribution in [0.5, 0.6) is 11.5 Å². The summed E-state index contributed by atoms with van der Waals surface area (Å²) in [5, 5.41) is 19.4. The fraction of sp³-hybridized carbons (Fsp3) is 0.478. The second-order valence-electron chi connectivity index (χ2n) is 7.09. The summed E-state index contributed by atoms with van der Waals surface area (Å²) < 4.78 is 0. The lowest BCUT2D eigenvalue weighted by Gasteiger charge is -2.36. The lowest BCUT2D eigenvalue weighted by atomic mass is 9.68. The molecule has 0 aliphatic carbocycles. The number of phenolic OH excluding ortho intramolecular Hbond substituents is 2. The molecule has 2 aromatic carbocycles. The average molecular weight is 341 g/mol. The van der Waals surface area contributed by atoms with Gasteiger partial charge in [0.25, 0.3) is 0 Å². The number of aromatic hydroxyl groups is 2. The van der Waals surface area contributed by atoms with Gasteiger partial charge in [0.05, 0.1) is 0 Å². The summed E-state index contributed by atoms with van der Waals surface area (Å²) in [7, 11) is 0. The standard InChI is InChI=1S/C23H32O2/c1-3-5-7-17-23(18-8-6-4-2,19-9-13-21(24)14-10-19)20-11-15-22(25)16-12-20/h9-16,24-25H,3-8,17-18H2,1-2H3. The maximum absolute atomic E-state index is 9.72. The molecule has 0 aliphatic heterocycles. The lowest BCUT2D eigenvalue weighted by molar-refractivity contribution is 0.395. The van der Waals surface area contributed by atoms with Crippen molar-refractivity contribution in [2.24, 2.45) is 0 Å². The number of rotatable bonds is 10. The van der Waals surface area contributed by atoms with Crippen molar-refractivity contribution in [1.29, 1.82) is 0 Å². The van der Waals surface area contributed by atoms with Gasteiger partial charge in [0.15, 0.2) is 0 Å². The van der Waals surface area contributed by atoms with Crippen molar-refractivity contribution in [3.8, 4) is 11.5 Å². The highest BCUT2D eigenvalue weighted by Crippen LogP contribution is 2.42. The van der Waals surface area contributed by atoms with Crippen LogP contribution < -0.4 is 0 Å². The van der Waals surface area contributed by atoms with Gasteiger partial charge in [-0.2, -0.15) is 0 Å². The zero-order chi connectivity index (χ0) is 18.1. The molecule has 2 heteroatoms. The fourth-order valence-electron chi connectivity index (χ4n) is 3.78. The smallest absolute Gasteiger partial charge is 0.115 e. The Hall–Kier alpha value is -1.96. The van der Waals surface area contributed by atoms with Crippen LogP contribution in [-0.2, 0) is 5.41 Å². The summed E-state index contributed by atoms with van der Waals surface area (Å²) in [6.07, 6.45) is 9.43. The van der Waals surface area contributed by atoms with Gasteiger partial charge in [-0.3, -0.25) is 0 Å². The third-order valence-electron chi connectivity index (χ3n) is 5.25. The molecule has 2 N–H and O–H groups in total. The minimum absolute atomic E-state index is 0.0499. The van der Waals surface area contributed by atoms with E-state index in [2.05, 4.69) is 38.1 Å². The van der Waals surface area contributed by atoms with E-state index in [0.29, 0.717) is 11.5 Å². The zero-order valence-electron chi connectivity index (χ0n) is 15.7. The first-order chi connectivity index (χ1) is 12.1. The van der Waals surface area contributed by atoms with E-state index in [9.17, 15) is 10.2 Å². The molecule has 0 fully saturated rings. The SMILES string of the molecule is CCCCCC(CCCCC)(c1ccc(O)cc1)c1ccc(O)cc1. The third kappa shape index (κ3) is 5.01. The van der Waals surface area contributed by atoms with Crippen LogP contribution in [-0.4, -0.2) is 10.2 Å². The molecule has 136 valence electrons. The van der Waals surface area contributed by atoms with Gasteiger partial charge in [-0.05, 0) is 48.2 Å². The Labute approximate surface area is 152 Å². The highest BCUT2D eigenvalue weighted by Gasteiger charge is 2.33. The summed E-state index contributed by atoms with van der Waals surface area (Å²) >= 11 is 0. The highest BCUT2D eigenvalue weighted by molar-refractivity contribution is 5.43. The Balaban J connectivity index is 2.46. The molecule has 0 unspecified atom stereocenters. The van der Waals surface area contributed by atoms with E-state index in [1.54, 1.807) is 24.3 Å². The molecule has 2 aromatic rings. The lowest BCUT2D eigenvalue weighted by Crippen LogP contribution is -2.28. The molecule has 0 radical (unpaired) electrons. The number of hydrogen-bond donors (Lipinski definition) is 2. The first-order valence-corrected chi connectivity index (χ1v) is 9.71.